The Hall–Kier alpha value is -6.98. The number of nitrogens with zero attached hydrogens (tertiary/aromatic N) is 3. The maximum Gasteiger partial charge on any atom is 0.219 e. The fourth-order valence-electron chi connectivity index (χ4n) is 5.75. The number of rotatable bonds is 6. The summed E-state index contributed by atoms with van der Waals surface area (Å²) in [5.41, 5.74) is 12.1. The Bertz CT molecular complexity index is 2580. The first-order chi connectivity index (χ1) is 24.7. The SMILES string of the molecule is Cc1nc2cnc(-c3ccc(CO)cc3)cn2c1O.Nc1ccc(Oc2ccc3c(-c4ccccc4C(=O)[O-])c4ccc(=O)cc-4oc3c2)cc1. The summed E-state index contributed by atoms with van der Waals surface area (Å²) in [5.74, 6) is 0.307. The lowest BCUT2D eigenvalue weighted by atomic mass is 9.91. The number of aromatic nitrogens is 3. The zero-order chi connectivity index (χ0) is 35.6. The highest BCUT2D eigenvalue weighted by Gasteiger charge is 2.20. The van der Waals surface area contributed by atoms with Crippen molar-refractivity contribution in [1.82, 2.24) is 14.4 Å². The van der Waals surface area contributed by atoms with Gasteiger partial charge in [0.05, 0.1) is 24.5 Å². The number of imidazole rings is 1. The molecule has 0 amide bonds. The van der Waals surface area contributed by atoms with Gasteiger partial charge in [-0.2, -0.15) is 0 Å². The van der Waals surface area contributed by atoms with Gasteiger partial charge in [-0.1, -0.05) is 48.5 Å². The van der Waals surface area contributed by atoms with Crippen molar-refractivity contribution >= 4 is 28.3 Å². The summed E-state index contributed by atoms with van der Waals surface area (Å²) in [6, 6.07) is 30.8. The van der Waals surface area contributed by atoms with Crippen molar-refractivity contribution in [2.45, 2.75) is 13.5 Å². The molecule has 0 bridgehead atoms. The topological polar surface area (TPSA) is 176 Å². The number of carboxylic acids is 1. The Morgan fingerprint density at radius 3 is 2.41 bits per heavy atom. The van der Waals surface area contributed by atoms with Crippen molar-refractivity contribution in [3.63, 3.8) is 0 Å². The van der Waals surface area contributed by atoms with Gasteiger partial charge in [0.15, 0.2) is 11.1 Å². The molecule has 0 unspecified atom stereocenters. The highest BCUT2D eigenvalue weighted by molar-refractivity contribution is 6.07. The monoisotopic (exact) mass is 677 g/mol. The van der Waals surface area contributed by atoms with Crippen LogP contribution in [0.25, 0.3) is 50.3 Å². The van der Waals surface area contributed by atoms with Crippen LogP contribution in [-0.4, -0.2) is 30.6 Å². The molecular weight excluding hydrogens is 648 g/mol. The summed E-state index contributed by atoms with van der Waals surface area (Å²) in [6.07, 6.45) is 3.38. The number of aliphatic hydroxyl groups excluding tert-OH is 1. The number of benzene rings is 5. The van der Waals surface area contributed by atoms with Crippen molar-refractivity contribution in [1.29, 1.82) is 0 Å². The number of ether oxygens (including phenoxy) is 1. The molecule has 6 aromatic rings. The van der Waals surface area contributed by atoms with Crippen molar-refractivity contribution in [2.24, 2.45) is 0 Å². The minimum Gasteiger partial charge on any atom is -0.545 e. The quantitative estimate of drug-likeness (QED) is 0.136. The van der Waals surface area contributed by atoms with Crippen LogP contribution in [0, 0.1) is 6.92 Å². The van der Waals surface area contributed by atoms with E-state index in [0.717, 1.165) is 16.8 Å². The molecule has 0 fully saturated rings. The predicted octanol–water partition coefficient (Wildman–Crippen LogP) is 6.21. The lowest BCUT2D eigenvalue weighted by molar-refractivity contribution is -0.254. The van der Waals surface area contributed by atoms with Crippen LogP contribution in [0.4, 0.5) is 5.69 Å². The summed E-state index contributed by atoms with van der Waals surface area (Å²) < 4.78 is 13.5. The molecule has 0 atom stereocenters. The van der Waals surface area contributed by atoms with Crippen molar-refractivity contribution < 1.29 is 29.3 Å². The second kappa shape index (κ2) is 13.5. The molecule has 0 spiro atoms. The fourth-order valence-corrected chi connectivity index (χ4v) is 5.75. The van der Waals surface area contributed by atoms with Crippen molar-refractivity contribution in [3.05, 3.63) is 149 Å². The summed E-state index contributed by atoms with van der Waals surface area (Å²) in [7, 11) is 0. The van der Waals surface area contributed by atoms with Crippen LogP contribution in [0.2, 0.25) is 0 Å². The summed E-state index contributed by atoms with van der Waals surface area (Å²) in [6.45, 7) is 1.77. The van der Waals surface area contributed by atoms with Crippen LogP contribution >= 0.6 is 0 Å². The second-order valence-electron chi connectivity index (χ2n) is 11.7. The number of aliphatic hydroxyl groups is 1. The Morgan fingerprint density at radius 2 is 1.67 bits per heavy atom. The number of anilines is 1. The molecule has 0 saturated heterocycles. The minimum atomic E-state index is -1.29. The van der Waals surface area contributed by atoms with E-state index in [1.165, 1.54) is 18.2 Å². The maximum atomic E-state index is 12.0. The first-order valence-electron chi connectivity index (χ1n) is 15.8. The normalized spacial score (nSPS) is 11.0. The number of aryl methyl sites for hydroxylation is 1. The number of nitrogen functional groups attached to an aromatic ring is 1. The molecule has 1 aliphatic heterocycles. The van der Waals surface area contributed by atoms with E-state index in [4.69, 9.17) is 20.0 Å². The third-order valence-electron chi connectivity index (χ3n) is 8.28. The molecule has 1 aliphatic carbocycles. The molecule has 3 heterocycles. The van der Waals surface area contributed by atoms with Crippen LogP contribution in [0.1, 0.15) is 21.6 Å². The van der Waals surface area contributed by atoms with E-state index in [9.17, 15) is 19.8 Å². The molecule has 4 N–H and O–H groups in total. The van der Waals surface area contributed by atoms with Crippen LogP contribution in [0.15, 0.2) is 131 Å². The van der Waals surface area contributed by atoms with Gasteiger partial charge in [0.25, 0.3) is 0 Å². The van der Waals surface area contributed by atoms with Gasteiger partial charge in [0, 0.05) is 51.7 Å². The molecule has 8 rings (SSSR count). The fraction of sp³-hybridized carbons (Fsp3) is 0.0500. The molecule has 11 heteroatoms. The maximum absolute atomic E-state index is 12.0. The number of fused-ring (bicyclic) bond motifs is 3. The molecule has 4 aromatic carbocycles. The van der Waals surface area contributed by atoms with Crippen molar-refractivity contribution in [3.8, 4) is 51.1 Å². The average Bonchev–Trinajstić information content (AvgIpc) is 3.43. The highest BCUT2D eigenvalue weighted by Crippen LogP contribution is 2.42. The van der Waals surface area contributed by atoms with Crippen LogP contribution in [0.5, 0.6) is 17.4 Å². The standard InChI is InChI=1S/C26H17NO5.C14H13N3O2/c27-15-5-8-17(9-6-15)31-18-10-12-22-24(14-18)32-23-13-16(28)7-11-21(23)25(22)19-3-1-2-4-20(19)26(29)30;1-9-14(19)17-7-12(15-6-13(17)16-9)11-4-2-10(8-18)3-5-11/h1-14H,27H2,(H,29,30);2-7,18-19H,8H2,1H3/p-1. The summed E-state index contributed by atoms with van der Waals surface area (Å²) in [4.78, 5) is 32.3. The van der Waals surface area contributed by atoms with Crippen molar-refractivity contribution in [2.75, 3.05) is 5.73 Å². The molecular formula is C40H29N4O7-. The number of nitrogens with two attached hydrogens (primary N) is 1. The van der Waals surface area contributed by atoms with E-state index in [2.05, 4.69) is 9.97 Å². The van der Waals surface area contributed by atoms with Crippen LogP contribution in [0.3, 0.4) is 0 Å². The Morgan fingerprint density at radius 1 is 0.922 bits per heavy atom. The zero-order valence-electron chi connectivity index (χ0n) is 27.1. The molecule has 252 valence electrons. The van der Waals surface area contributed by atoms with E-state index in [0.29, 0.717) is 61.9 Å². The number of aromatic hydroxyl groups is 1. The predicted molar refractivity (Wildman–Crippen MR) is 191 cm³/mol. The first-order valence-corrected chi connectivity index (χ1v) is 15.8. The Balaban J connectivity index is 0.000000182. The summed E-state index contributed by atoms with van der Waals surface area (Å²) in [5, 5.41) is 31.4. The third-order valence-corrected chi connectivity index (χ3v) is 8.28. The van der Waals surface area contributed by atoms with Crippen LogP contribution < -0.4 is 21.0 Å². The van der Waals surface area contributed by atoms with Gasteiger partial charge in [-0.15, -0.1) is 0 Å². The smallest absolute Gasteiger partial charge is 0.219 e. The lowest BCUT2D eigenvalue weighted by Crippen LogP contribution is -2.23. The van der Waals surface area contributed by atoms with Gasteiger partial charge in [0.1, 0.15) is 28.5 Å². The number of carbonyl (C=O) groups excluding carboxylic acids is 1. The molecule has 11 nitrogen and oxygen atoms in total. The number of aromatic carboxylic acids is 1. The van der Waals surface area contributed by atoms with Gasteiger partial charge >= 0.3 is 0 Å². The van der Waals surface area contributed by atoms with Gasteiger partial charge in [-0.3, -0.25) is 14.2 Å². The van der Waals surface area contributed by atoms with Gasteiger partial charge in [-0.05, 0) is 66.6 Å². The highest BCUT2D eigenvalue weighted by atomic mass is 16.5. The summed E-state index contributed by atoms with van der Waals surface area (Å²) >= 11 is 0. The number of hydrogen-bond acceptors (Lipinski definition) is 10. The van der Waals surface area contributed by atoms with E-state index < -0.39 is 5.97 Å². The van der Waals surface area contributed by atoms with E-state index >= 15 is 0 Å². The second-order valence-corrected chi connectivity index (χ2v) is 11.7. The van der Waals surface area contributed by atoms with E-state index in [1.807, 2.05) is 24.3 Å². The third kappa shape index (κ3) is 6.56. The molecule has 51 heavy (non-hydrogen) atoms. The van der Waals surface area contributed by atoms with E-state index in [-0.39, 0.29) is 23.5 Å². The van der Waals surface area contributed by atoms with E-state index in [1.54, 1.807) is 90.4 Å². The number of hydrogen-bond donors (Lipinski definition) is 3. The molecule has 0 radical (unpaired) electrons. The zero-order valence-corrected chi connectivity index (χ0v) is 27.1. The van der Waals surface area contributed by atoms with Crippen LogP contribution in [-0.2, 0) is 6.61 Å². The molecule has 2 aromatic heterocycles. The molecule has 2 aliphatic rings. The van der Waals surface area contributed by atoms with Gasteiger partial charge in [-0.25, -0.2) is 4.98 Å². The first kappa shape index (κ1) is 32.6. The number of carboxylic acid groups (broad SMARTS) is 1. The van der Waals surface area contributed by atoms with Gasteiger partial charge in [0.2, 0.25) is 5.88 Å². The lowest BCUT2D eigenvalue weighted by Gasteiger charge is -2.18. The largest absolute Gasteiger partial charge is 0.545 e. The minimum absolute atomic E-state index is 0.0221. The Labute approximate surface area is 290 Å². The Kier molecular flexibility index (Phi) is 8.62. The number of carbonyl (C=O) groups is 1. The van der Waals surface area contributed by atoms with Gasteiger partial charge < -0.3 is 35.0 Å². The molecule has 0 saturated carbocycles. The average molecular weight is 678 g/mol.